The van der Waals surface area contributed by atoms with E-state index in [9.17, 15) is 26.0 Å². The van der Waals surface area contributed by atoms with Crippen LogP contribution in [0.1, 0.15) is 18.1 Å². The summed E-state index contributed by atoms with van der Waals surface area (Å²) in [5.41, 5.74) is -1.38. The van der Waals surface area contributed by atoms with E-state index in [2.05, 4.69) is 0 Å². The highest BCUT2D eigenvalue weighted by atomic mass is 32.2. The second kappa shape index (κ2) is 6.91. The maximum Gasteiger partial charge on any atom is 0.419 e. The topological polar surface area (TPSA) is 55.4 Å². The van der Waals surface area contributed by atoms with Gasteiger partial charge in [0.25, 0.3) is 10.0 Å². The molecular weight excluding hydrogens is 362 g/mol. The Morgan fingerprint density at radius 1 is 1.12 bits per heavy atom. The molecule has 0 unspecified atom stereocenters. The predicted octanol–water partition coefficient (Wildman–Crippen LogP) is 4.35. The fourth-order valence-electron chi connectivity index (χ4n) is 2.13. The van der Waals surface area contributed by atoms with Crippen LogP contribution >= 0.6 is 0 Å². The van der Waals surface area contributed by atoms with E-state index in [4.69, 9.17) is 4.74 Å². The van der Waals surface area contributed by atoms with Crippen LogP contribution in [0.3, 0.4) is 0 Å². The van der Waals surface area contributed by atoms with Gasteiger partial charge in [0.2, 0.25) is 0 Å². The third-order valence-corrected chi connectivity index (χ3v) is 4.66. The molecule has 2 aromatic rings. The first kappa shape index (κ1) is 19.0. The number of nitrogens with one attached hydrogen (secondary N) is 1. The minimum absolute atomic E-state index is 0.147. The molecule has 0 saturated carbocycles. The van der Waals surface area contributed by atoms with Crippen LogP contribution in [-0.2, 0) is 16.2 Å². The van der Waals surface area contributed by atoms with Gasteiger partial charge in [-0.2, -0.15) is 13.2 Å². The zero-order chi connectivity index (χ0) is 18.8. The van der Waals surface area contributed by atoms with E-state index in [-0.39, 0.29) is 10.6 Å². The molecule has 2 aromatic carbocycles. The maximum atomic E-state index is 13.3. The molecule has 0 radical (unpaired) electrons. The Kier molecular flexibility index (Phi) is 5.26. The molecule has 9 heteroatoms. The van der Waals surface area contributed by atoms with Gasteiger partial charge in [0.05, 0.1) is 17.1 Å². The Balaban J connectivity index is 2.35. The Bertz CT molecular complexity index is 879. The molecule has 0 fully saturated rings. The quantitative estimate of drug-likeness (QED) is 0.788. The summed E-state index contributed by atoms with van der Waals surface area (Å²) in [7, 11) is -4.14. The SMILES string of the molecule is CCOc1ccc(S(=O)(=O)Nc2ccc(F)c(C(F)(F)F)c2)cc1C. The fraction of sp³-hybridized carbons (Fsp3) is 0.250. The van der Waals surface area contributed by atoms with Crippen molar-refractivity contribution in [2.24, 2.45) is 0 Å². The van der Waals surface area contributed by atoms with Crippen molar-refractivity contribution in [2.45, 2.75) is 24.9 Å². The van der Waals surface area contributed by atoms with Gasteiger partial charge in [0.1, 0.15) is 11.6 Å². The molecule has 0 heterocycles. The minimum Gasteiger partial charge on any atom is -0.494 e. The van der Waals surface area contributed by atoms with E-state index >= 15 is 0 Å². The van der Waals surface area contributed by atoms with Crippen LogP contribution < -0.4 is 9.46 Å². The van der Waals surface area contributed by atoms with E-state index in [0.717, 1.165) is 6.07 Å². The van der Waals surface area contributed by atoms with Gasteiger partial charge in [-0.1, -0.05) is 0 Å². The summed E-state index contributed by atoms with van der Waals surface area (Å²) in [5.74, 6) is -0.977. The average molecular weight is 377 g/mol. The van der Waals surface area contributed by atoms with Crippen LogP contribution in [0, 0.1) is 12.7 Å². The molecule has 0 aliphatic heterocycles. The van der Waals surface area contributed by atoms with Gasteiger partial charge in [-0.25, -0.2) is 12.8 Å². The summed E-state index contributed by atoms with van der Waals surface area (Å²) in [6.07, 6.45) is -4.93. The van der Waals surface area contributed by atoms with Crippen molar-refractivity contribution in [2.75, 3.05) is 11.3 Å². The van der Waals surface area contributed by atoms with Gasteiger partial charge in [0.15, 0.2) is 0 Å². The third kappa shape index (κ3) is 4.41. The van der Waals surface area contributed by atoms with Crippen LogP contribution in [0.15, 0.2) is 41.3 Å². The molecule has 0 bridgehead atoms. The lowest BCUT2D eigenvalue weighted by molar-refractivity contribution is -0.139. The fourth-order valence-corrected chi connectivity index (χ4v) is 3.26. The van der Waals surface area contributed by atoms with E-state index < -0.39 is 27.6 Å². The average Bonchev–Trinajstić information content (AvgIpc) is 2.50. The molecule has 25 heavy (non-hydrogen) atoms. The lowest BCUT2D eigenvalue weighted by Crippen LogP contribution is -2.15. The zero-order valence-electron chi connectivity index (χ0n) is 13.3. The molecule has 136 valence electrons. The first-order valence-electron chi connectivity index (χ1n) is 7.17. The summed E-state index contributed by atoms with van der Waals surface area (Å²) in [5, 5.41) is 0. The Hall–Kier alpha value is -2.29. The molecule has 0 spiro atoms. The highest BCUT2D eigenvalue weighted by Gasteiger charge is 2.34. The number of hydrogen-bond acceptors (Lipinski definition) is 3. The van der Waals surface area contributed by atoms with Crippen molar-refractivity contribution in [3.8, 4) is 5.75 Å². The van der Waals surface area contributed by atoms with Crippen molar-refractivity contribution < 1.29 is 30.7 Å². The van der Waals surface area contributed by atoms with Crippen LogP contribution in [0.25, 0.3) is 0 Å². The second-order valence-electron chi connectivity index (χ2n) is 5.16. The summed E-state index contributed by atoms with van der Waals surface area (Å²) < 4.78 is 83.5. The van der Waals surface area contributed by atoms with Crippen molar-refractivity contribution >= 4 is 15.7 Å². The minimum atomic E-state index is -4.93. The largest absolute Gasteiger partial charge is 0.494 e. The number of benzene rings is 2. The van der Waals surface area contributed by atoms with Gasteiger partial charge < -0.3 is 4.74 Å². The number of halogens is 4. The number of rotatable bonds is 5. The van der Waals surface area contributed by atoms with Crippen molar-refractivity contribution in [3.63, 3.8) is 0 Å². The molecule has 4 nitrogen and oxygen atoms in total. The summed E-state index contributed by atoms with van der Waals surface area (Å²) >= 11 is 0. The molecule has 0 saturated heterocycles. The van der Waals surface area contributed by atoms with Crippen molar-refractivity contribution in [1.29, 1.82) is 0 Å². The predicted molar refractivity (Wildman–Crippen MR) is 84.6 cm³/mol. The van der Waals surface area contributed by atoms with Crippen LogP contribution in [-0.4, -0.2) is 15.0 Å². The van der Waals surface area contributed by atoms with Gasteiger partial charge >= 0.3 is 6.18 Å². The Morgan fingerprint density at radius 3 is 2.36 bits per heavy atom. The second-order valence-corrected chi connectivity index (χ2v) is 6.84. The normalized spacial score (nSPS) is 12.1. The number of sulfonamides is 1. The first-order chi connectivity index (χ1) is 11.5. The summed E-state index contributed by atoms with van der Waals surface area (Å²) in [6.45, 7) is 3.82. The van der Waals surface area contributed by atoms with Crippen LogP contribution in [0.2, 0.25) is 0 Å². The molecule has 1 N–H and O–H groups in total. The molecular formula is C16H15F4NO3S. The van der Waals surface area contributed by atoms with Crippen molar-refractivity contribution in [3.05, 3.63) is 53.3 Å². The van der Waals surface area contributed by atoms with E-state index in [1.165, 1.54) is 18.2 Å². The van der Waals surface area contributed by atoms with E-state index in [1.54, 1.807) is 13.8 Å². The van der Waals surface area contributed by atoms with Gasteiger partial charge in [-0.3, -0.25) is 4.72 Å². The molecule has 0 atom stereocenters. The molecule has 0 aliphatic carbocycles. The van der Waals surface area contributed by atoms with Crippen LogP contribution in [0.4, 0.5) is 23.2 Å². The highest BCUT2D eigenvalue weighted by molar-refractivity contribution is 7.92. The smallest absolute Gasteiger partial charge is 0.419 e. The zero-order valence-corrected chi connectivity index (χ0v) is 14.1. The standard InChI is InChI=1S/C16H15F4NO3S/c1-3-24-15-7-5-12(8-10(15)2)25(22,23)21-11-4-6-14(17)13(9-11)16(18,19)20/h4-9,21H,3H2,1-2H3. The lowest BCUT2D eigenvalue weighted by atomic mass is 10.2. The number of alkyl halides is 3. The van der Waals surface area contributed by atoms with Gasteiger partial charge in [-0.05, 0) is 55.8 Å². The number of ether oxygens (including phenoxy) is 1. The van der Waals surface area contributed by atoms with E-state index in [1.807, 2.05) is 4.72 Å². The molecule has 0 aromatic heterocycles. The van der Waals surface area contributed by atoms with Gasteiger partial charge in [0, 0.05) is 5.69 Å². The number of anilines is 1. The highest BCUT2D eigenvalue weighted by Crippen LogP contribution is 2.33. The lowest BCUT2D eigenvalue weighted by Gasteiger charge is -2.13. The van der Waals surface area contributed by atoms with Crippen LogP contribution in [0.5, 0.6) is 5.75 Å². The molecule has 0 aliphatic rings. The monoisotopic (exact) mass is 377 g/mol. The van der Waals surface area contributed by atoms with E-state index in [0.29, 0.717) is 30.1 Å². The molecule has 2 rings (SSSR count). The Labute approximate surface area is 142 Å². The first-order valence-corrected chi connectivity index (χ1v) is 8.66. The maximum absolute atomic E-state index is 13.3. The third-order valence-electron chi connectivity index (χ3n) is 3.28. The van der Waals surface area contributed by atoms with Gasteiger partial charge in [-0.15, -0.1) is 0 Å². The number of hydrogen-bond donors (Lipinski definition) is 1. The number of aryl methyl sites for hydroxylation is 1. The molecule has 0 amide bonds. The summed E-state index contributed by atoms with van der Waals surface area (Å²) in [4.78, 5) is -0.147. The van der Waals surface area contributed by atoms with Crippen molar-refractivity contribution in [1.82, 2.24) is 0 Å². The summed E-state index contributed by atoms with van der Waals surface area (Å²) in [6, 6.07) is 5.96. The Morgan fingerprint density at radius 2 is 1.80 bits per heavy atom.